The molecule has 0 aliphatic carbocycles. The zero-order valence-electron chi connectivity index (χ0n) is 19.4. The highest BCUT2D eigenvalue weighted by molar-refractivity contribution is 6.06. The second-order valence-electron chi connectivity index (χ2n) is 8.42. The van der Waals surface area contributed by atoms with Crippen LogP contribution >= 0.6 is 0 Å². The van der Waals surface area contributed by atoms with Gasteiger partial charge in [-0.25, -0.2) is 4.79 Å². The van der Waals surface area contributed by atoms with Crippen LogP contribution in [0, 0.1) is 6.92 Å². The molecule has 4 aromatic carbocycles. The first-order valence-electron chi connectivity index (χ1n) is 11.4. The Bertz CT molecular complexity index is 1650. The molecule has 36 heavy (non-hydrogen) atoms. The van der Waals surface area contributed by atoms with Crippen molar-refractivity contribution < 1.29 is 14.0 Å². The molecule has 1 aromatic heterocycles. The molecular formula is C30H22N2O4. The standard InChI is InChI=1S/C30H22N2O4/c1-19-6-4-9-22(16-19)28(33)31-24-12-14-25(15-13-24)32-29(34)23-10-5-8-20(17-23)26-18-21-7-2-3-11-27(21)36-30(26)35/h2-18H,1H3,(H,31,33)(H,32,34). The third-order valence-corrected chi connectivity index (χ3v) is 5.76. The number of aryl methyl sites for hydroxylation is 1. The van der Waals surface area contributed by atoms with Crippen LogP contribution in [0.4, 0.5) is 11.4 Å². The predicted octanol–water partition coefficient (Wildman–Crippen LogP) is 6.27. The number of hydrogen-bond donors (Lipinski definition) is 2. The van der Waals surface area contributed by atoms with Gasteiger partial charge in [-0.1, -0.05) is 48.0 Å². The molecule has 0 spiro atoms. The zero-order valence-corrected chi connectivity index (χ0v) is 19.4. The minimum Gasteiger partial charge on any atom is -0.422 e. The fourth-order valence-electron chi connectivity index (χ4n) is 3.92. The predicted molar refractivity (Wildman–Crippen MR) is 141 cm³/mol. The minimum atomic E-state index is -0.463. The number of para-hydroxylation sites is 1. The van der Waals surface area contributed by atoms with Crippen LogP contribution in [-0.2, 0) is 0 Å². The molecule has 176 valence electrons. The highest BCUT2D eigenvalue weighted by Crippen LogP contribution is 2.23. The van der Waals surface area contributed by atoms with E-state index in [1.54, 1.807) is 72.8 Å². The van der Waals surface area contributed by atoms with Gasteiger partial charge in [-0.2, -0.15) is 0 Å². The molecule has 5 rings (SSSR count). The van der Waals surface area contributed by atoms with E-state index in [1.807, 2.05) is 37.3 Å². The lowest BCUT2D eigenvalue weighted by atomic mass is 10.0. The lowest BCUT2D eigenvalue weighted by molar-refractivity contribution is 0.101. The van der Waals surface area contributed by atoms with Crippen LogP contribution in [0.2, 0.25) is 0 Å². The van der Waals surface area contributed by atoms with Crippen LogP contribution in [0.15, 0.2) is 112 Å². The molecule has 0 radical (unpaired) electrons. The Morgan fingerprint density at radius 1 is 0.667 bits per heavy atom. The molecule has 0 aliphatic rings. The van der Waals surface area contributed by atoms with E-state index in [0.29, 0.717) is 39.2 Å². The first-order valence-corrected chi connectivity index (χ1v) is 11.4. The number of nitrogens with one attached hydrogen (secondary N) is 2. The van der Waals surface area contributed by atoms with Crippen LogP contribution in [-0.4, -0.2) is 11.8 Å². The maximum Gasteiger partial charge on any atom is 0.344 e. The third kappa shape index (κ3) is 4.93. The molecule has 0 fully saturated rings. The lowest BCUT2D eigenvalue weighted by Gasteiger charge is -2.09. The molecule has 2 amide bonds. The van der Waals surface area contributed by atoms with E-state index in [1.165, 1.54) is 0 Å². The van der Waals surface area contributed by atoms with Gasteiger partial charge < -0.3 is 15.1 Å². The van der Waals surface area contributed by atoms with Crippen LogP contribution in [0.1, 0.15) is 26.3 Å². The van der Waals surface area contributed by atoms with Gasteiger partial charge in [0.15, 0.2) is 0 Å². The quantitative estimate of drug-likeness (QED) is 0.294. The SMILES string of the molecule is Cc1cccc(C(=O)Nc2ccc(NC(=O)c3cccc(-c4cc5ccccc5oc4=O)c3)cc2)c1. The average molecular weight is 475 g/mol. The van der Waals surface area contributed by atoms with Gasteiger partial charge in [-0.15, -0.1) is 0 Å². The maximum absolute atomic E-state index is 12.9. The topological polar surface area (TPSA) is 88.4 Å². The summed E-state index contributed by atoms with van der Waals surface area (Å²) in [7, 11) is 0. The van der Waals surface area contributed by atoms with E-state index < -0.39 is 5.63 Å². The molecule has 0 saturated carbocycles. The lowest BCUT2D eigenvalue weighted by Crippen LogP contribution is -2.13. The molecule has 0 unspecified atom stereocenters. The molecule has 0 bridgehead atoms. The Morgan fingerprint density at radius 2 is 1.28 bits per heavy atom. The van der Waals surface area contributed by atoms with E-state index in [0.717, 1.165) is 10.9 Å². The highest BCUT2D eigenvalue weighted by atomic mass is 16.4. The summed E-state index contributed by atoms with van der Waals surface area (Å²) in [5.74, 6) is -0.524. The first-order chi connectivity index (χ1) is 17.5. The number of rotatable bonds is 5. The number of benzene rings is 4. The molecule has 2 N–H and O–H groups in total. The molecular weight excluding hydrogens is 452 g/mol. The second kappa shape index (κ2) is 9.72. The van der Waals surface area contributed by atoms with Crippen molar-refractivity contribution in [1.82, 2.24) is 0 Å². The Balaban J connectivity index is 1.30. The average Bonchev–Trinajstić information content (AvgIpc) is 2.89. The monoisotopic (exact) mass is 474 g/mol. The van der Waals surface area contributed by atoms with Crippen LogP contribution < -0.4 is 16.3 Å². The van der Waals surface area contributed by atoms with Gasteiger partial charge >= 0.3 is 5.63 Å². The van der Waals surface area contributed by atoms with Gasteiger partial charge in [0.05, 0.1) is 5.56 Å². The number of fused-ring (bicyclic) bond motifs is 1. The molecule has 6 nitrogen and oxygen atoms in total. The van der Waals surface area contributed by atoms with E-state index >= 15 is 0 Å². The zero-order chi connectivity index (χ0) is 25.1. The first kappa shape index (κ1) is 22.8. The summed E-state index contributed by atoms with van der Waals surface area (Å²) in [4.78, 5) is 37.9. The minimum absolute atomic E-state index is 0.203. The van der Waals surface area contributed by atoms with E-state index in [9.17, 15) is 14.4 Å². The van der Waals surface area contributed by atoms with Crippen LogP contribution in [0.25, 0.3) is 22.1 Å². The summed E-state index contributed by atoms with van der Waals surface area (Å²) < 4.78 is 5.43. The Hall–Kier alpha value is -4.97. The van der Waals surface area contributed by atoms with E-state index in [-0.39, 0.29) is 11.8 Å². The summed E-state index contributed by atoms with van der Waals surface area (Å²) in [6, 6.07) is 30.1. The summed E-state index contributed by atoms with van der Waals surface area (Å²) in [6.07, 6.45) is 0. The van der Waals surface area contributed by atoms with E-state index in [2.05, 4.69) is 10.6 Å². The fraction of sp³-hybridized carbons (Fsp3) is 0.0333. The molecule has 5 aromatic rings. The summed E-state index contributed by atoms with van der Waals surface area (Å²) >= 11 is 0. The van der Waals surface area contributed by atoms with Gasteiger partial charge in [0.1, 0.15) is 5.58 Å². The van der Waals surface area contributed by atoms with Crippen molar-refractivity contribution >= 4 is 34.2 Å². The van der Waals surface area contributed by atoms with Crippen molar-refractivity contribution in [1.29, 1.82) is 0 Å². The van der Waals surface area contributed by atoms with Gasteiger partial charge in [0.25, 0.3) is 11.8 Å². The van der Waals surface area contributed by atoms with Crippen molar-refractivity contribution in [2.24, 2.45) is 0 Å². The number of amides is 2. The Morgan fingerprint density at radius 3 is 1.94 bits per heavy atom. The summed E-state index contributed by atoms with van der Waals surface area (Å²) in [5.41, 5.74) is 4.20. The smallest absolute Gasteiger partial charge is 0.344 e. The number of anilines is 2. The van der Waals surface area contributed by atoms with Crippen molar-refractivity contribution in [2.45, 2.75) is 6.92 Å². The largest absolute Gasteiger partial charge is 0.422 e. The molecule has 0 aliphatic heterocycles. The third-order valence-electron chi connectivity index (χ3n) is 5.76. The van der Waals surface area contributed by atoms with Gasteiger partial charge in [-0.05, 0) is 73.2 Å². The van der Waals surface area contributed by atoms with Crippen molar-refractivity contribution in [2.75, 3.05) is 10.6 Å². The fourth-order valence-corrected chi connectivity index (χ4v) is 3.92. The molecule has 1 heterocycles. The van der Waals surface area contributed by atoms with Crippen molar-refractivity contribution in [3.8, 4) is 11.1 Å². The van der Waals surface area contributed by atoms with Crippen molar-refractivity contribution in [3.63, 3.8) is 0 Å². The number of hydrogen-bond acceptors (Lipinski definition) is 4. The normalized spacial score (nSPS) is 10.7. The van der Waals surface area contributed by atoms with Gasteiger partial charge in [-0.3, -0.25) is 9.59 Å². The Labute approximate surface area is 207 Å². The second-order valence-corrected chi connectivity index (χ2v) is 8.42. The van der Waals surface area contributed by atoms with Gasteiger partial charge in [0, 0.05) is 27.9 Å². The summed E-state index contributed by atoms with van der Waals surface area (Å²) in [6.45, 7) is 1.93. The maximum atomic E-state index is 12.9. The van der Waals surface area contributed by atoms with Crippen molar-refractivity contribution in [3.05, 3.63) is 130 Å². The Kier molecular flexibility index (Phi) is 6.16. The number of carbonyl (C=O) groups is 2. The van der Waals surface area contributed by atoms with Crippen LogP contribution in [0.5, 0.6) is 0 Å². The molecule has 6 heteroatoms. The number of carbonyl (C=O) groups excluding carboxylic acids is 2. The van der Waals surface area contributed by atoms with Gasteiger partial charge in [0.2, 0.25) is 0 Å². The molecule has 0 saturated heterocycles. The van der Waals surface area contributed by atoms with E-state index in [4.69, 9.17) is 4.42 Å². The van der Waals surface area contributed by atoms with Crippen LogP contribution in [0.3, 0.4) is 0 Å². The summed E-state index contributed by atoms with van der Waals surface area (Å²) in [5, 5.41) is 6.50. The highest BCUT2D eigenvalue weighted by Gasteiger charge is 2.12. The molecule has 0 atom stereocenters.